The number of hydrogen-bond acceptors (Lipinski definition) is 3. The molecule has 0 aliphatic carbocycles. The van der Waals surface area contributed by atoms with E-state index in [0.29, 0.717) is 12.5 Å². The van der Waals surface area contributed by atoms with Gasteiger partial charge in [-0.2, -0.15) is 0 Å². The van der Waals surface area contributed by atoms with E-state index in [1.807, 2.05) is 35.7 Å². The van der Waals surface area contributed by atoms with Gasteiger partial charge in [0.15, 0.2) is 11.5 Å². The van der Waals surface area contributed by atoms with E-state index >= 15 is 0 Å². The highest BCUT2D eigenvalue weighted by Crippen LogP contribution is 2.29. The van der Waals surface area contributed by atoms with Gasteiger partial charge in [0.05, 0.1) is 7.11 Å². The maximum absolute atomic E-state index is 5.80. The summed E-state index contributed by atoms with van der Waals surface area (Å²) in [4.78, 5) is 1.18. The maximum Gasteiger partial charge on any atom is 0.162 e. The van der Waals surface area contributed by atoms with Gasteiger partial charge in [-0.25, -0.2) is 0 Å². The number of methoxy groups -OCH3 is 1. The summed E-state index contributed by atoms with van der Waals surface area (Å²) in [5.41, 5.74) is 1.02. The molecule has 17 heavy (non-hydrogen) atoms. The second-order valence-electron chi connectivity index (χ2n) is 3.49. The number of ether oxygens (including phenoxy) is 2. The van der Waals surface area contributed by atoms with Gasteiger partial charge in [0.25, 0.3) is 0 Å². The van der Waals surface area contributed by atoms with Crippen molar-refractivity contribution in [2.45, 2.75) is 12.5 Å². The molecular weight excluding hydrogens is 256 g/mol. The molecule has 4 heteroatoms. The third-order valence-electron chi connectivity index (χ3n) is 2.33. The van der Waals surface area contributed by atoms with Crippen molar-refractivity contribution in [2.24, 2.45) is 0 Å². The largest absolute Gasteiger partial charge is 0.493 e. The molecule has 0 atom stereocenters. The van der Waals surface area contributed by atoms with Crippen LogP contribution in [0.1, 0.15) is 10.4 Å². The lowest BCUT2D eigenvalue weighted by Gasteiger charge is -2.10. The van der Waals surface area contributed by atoms with E-state index in [1.165, 1.54) is 4.88 Å². The van der Waals surface area contributed by atoms with Gasteiger partial charge in [-0.15, -0.1) is 22.9 Å². The summed E-state index contributed by atoms with van der Waals surface area (Å²) in [6, 6.07) is 9.78. The Bertz CT molecular complexity index is 468. The summed E-state index contributed by atoms with van der Waals surface area (Å²) in [5.74, 6) is 1.94. The van der Waals surface area contributed by atoms with Crippen LogP contribution in [0.3, 0.4) is 0 Å². The normalized spacial score (nSPS) is 10.2. The topological polar surface area (TPSA) is 18.5 Å². The van der Waals surface area contributed by atoms with Crippen LogP contribution in [0, 0.1) is 0 Å². The lowest BCUT2D eigenvalue weighted by Crippen LogP contribution is -1.96. The summed E-state index contributed by atoms with van der Waals surface area (Å²) in [5, 5.41) is 2.03. The Morgan fingerprint density at radius 1 is 1.24 bits per heavy atom. The lowest BCUT2D eigenvalue weighted by molar-refractivity contribution is 0.287. The van der Waals surface area contributed by atoms with Crippen LogP contribution < -0.4 is 9.47 Å². The zero-order chi connectivity index (χ0) is 12.1. The van der Waals surface area contributed by atoms with Crippen molar-refractivity contribution in [2.75, 3.05) is 7.11 Å². The van der Waals surface area contributed by atoms with E-state index in [4.69, 9.17) is 21.1 Å². The first-order chi connectivity index (χ1) is 8.33. The van der Waals surface area contributed by atoms with Gasteiger partial charge in [0.2, 0.25) is 0 Å². The summed E-state index contributed by atoms with van der Waals surface area (Å²) in [6.45, 7) is 0.555. The van der Waals surface area contributed by atoms with Gasteiger partial charge in [-0.3, -0.25) is 0 Å². The van der Waals surface area contributed by atoms with Crippen molar-refractivity contribution >= 4 is 22.9 Å². The molecule has 0 aliphatic rings. The van der Waals surface area contributed by atoms with Crippen molar-refractivity contribution in [3.63, 3.8) is 0 Å². The molecule has 0 unspecified atom stereocenters. The molecule has 1 aromatic heterocycles. The SMILES string of the molecule is COc1ccc(CCl)cc1OCc1cccs1. The number of alkyl halides is 1. The third kappa shape index (κ3) is 3.14. The van der Waals surface area contributed by atoms with E-state index < -0.39 is 0 Å². The first kappa shape index (κ1) is 12.3. The first-order valence-corrected chi connectivity index (χ1v) is 6.63. The van der Waals surface area contributed by atoms with Crippen molar-refractivity contribution in [1.82, 2.24) is 0 Å². The Morgan fingerprint density at radius 3 is 2.76 bits per heavy atom. The fourth-order valence-electron chi connectivity index (χ4n) is 1.46. The van der Waals surface area contributed by atoms with Crippen LogP contribution in [0.25, 0.3) is 0 Å². The average Bonchev–Trinajstić information content (AvgIpc) is 2.89. The van der Waals surface area contributed by atoms with Gasteiger partial charge in [0, 0.05) is 10.8 Å². The molecule has 0 spiro atoms. The minimum absolute atomic E-state index is 0.472. The molecule has 2 aromatic rings. The smallest absolute Gasteiger partial charge is 0.162 e. The van der Waals surface area contributed by atoms with Gasteiger partial charge in [0.1, 0.15) is 6.61 Å². The van der Waals surface area contributed by atoms with Crippen LogP contribution in [0.5, 0.6) is 11.5 Å². The van der Waals surface area contributed by atoms with Crippen molar-refractivity contribution in [3.05, 3.63) is 46.2 Å². The van der Waals surface area contributed by atoms with Crippen LogP contribution >= 0.6 is 22.9 Å². The van der Waals surface area contributed by atoms with E-state index in [9.17, 15) is 0 Å². The quantitative estimate of drug-likeness (QED) is 0.761. The maximum atomic E-state index is 5.80. The molecule has 0 bridgehead atoms. The Kier molecular flexibility index (Phi) is 4.29. The summed E-state index contributed by atoms with van der Waals surface area (Å²) in [6.07, 6.45) is 0. The number of rotatable bonds is 5. The molecule has 0 saturated heterocycles. The predicted octanol–water partition coefficient (Wildman–Crippen LogP) is 4.07. The molecule has 0 amide bonds. The van der Waals surface area contributed by atoms with E-state index in [1.54, 1.807) is 18.4 Å². The number of thiophene rings is 1. The highest BCUT2D eigenvalue weighted by molar-refractivity contribution is 7.09. The predicted molar refractivity (Wildman–Crippen MR) is 71.2 cm³/mol. The second kappa shape index (κ2) is 5.94. The zero-order valence-electron chi connectivity index (χ0n) is 9.48. The molecule has 0 aliphatic heterocycles. The van der Waals surface area contributed by atoms with E-state index in [2.05, 4.69) is 0 Å². The third-order valence-corrected chi connectivity index (χ3v) is 3.49. The summed E-state index contributed by atoms with van der Waals surface area (Å²) >= 11 is 7.47. The van der Waals surface area contributed by atoms with Crippen LogP contribution in [0.15, 0.2) is 35.7 Å². The summed E-state index contributed by atoms with van der Waals surface area (Å²) in [7, 11) is 1.63. The Hall–Kier alpha value is -1.19. The number of hydrogen-bond donors (Lipinski definition) is 0. The van der Waals surface area contributed by atoms with Crippen LogP contribution in [0.4, 0.5) is 0 Å². The fraction of sp³-hybridized carbons (Fsp3) is 0.231. The minimum Gasteiger partial charge on any atom is -0.493 e. The first-order valence-electron chi connectivity index (χ1n) is 5.21. The van der Waals surface area contributed by atoms with Crippen molar-refractivity contribution < 1.29 is 9.47 Å². The van der Waals surface area contributed by atoms with Gasteiger partial charge >= 0.3 is 0 Å². The Labute approximate surface area is 110 Å². The van der Waals surface area contributed by atoms with Crippen LogP contribution in [0.2, 0.25) is 0 Å². The minimum atomic E-state index is 0.472. The Balaban J connectivity index is 2.12. The molecule has 0 radical (unpaired) electrons. The van der Waals surface area contributed by atoms with Crippen molar-refractivity contribution in [3.8, 4) is 11.5 Å². The number of halogens is 1. The van der Waals surface area contributed by atoms with Crippen LogP contribution in [-0.4, -0.2) is 7.11 Å². The standard InChI is InChI=1S/C13H13ClO2S/c1-15-12-5-4-10(8-14)7-13(12)16-9-11-3-2-6-17-11/h2-7H,8-9H2,1H3. The molecule has 0 fully saturated rings. The molecule has 90 valence electrons. The second-order valence-corrected chi connectivity index (χ2v) is 4.79. The molecule has 0 N–H and O–H groups in total. The molecule has 2 nitrogen and oxygen atoms in total. The number of benzene rings is 1. The molecule has 1 aromatic carbocycles. The average molecular weight is 269 g/mol. The molecule has 1 heterocycles. The molecular formula is C13H13ClO2S. The van der Waals surface area contributed by atoms with Gasteiger partial charge < -0.3 is 9.47 Å². The van der Waals surface area contributed by atoms with Gasteiger partial charge in [-0.1, -0.05) is 12.1 Å². The highest BCUT2D eigenvalue weighted by Gasteiger charge is 2.06. The zero-order valence-corrected chi connectivity index (χ0v) is 11.1. The van der Waals surface area contributed by atoms with Crippen molar-refractivity contribution in [1.29, 1.82) is 0 Å². The highest BCUT2D eigenvalue weighted by atomic mass is 35.5. The monoisotopic (exact) mass is 268 g/mol. The van der Waals surface area contributed by atoms with E-state index in [0.717, 1.165) is 17.1 Å². The Morgan fingerprint density at radius 2 is 2.12 bits per heavy atom. The summed E-state index contributed by atoms with van der Waals surface area (Å²) < 4.78 is 11.0. The lowest BCUT2D eigenvalue weighted by atomic mass is 10.2. The fourth-order valence-corrected chi connectivity index (χ4v) is 2.24. The van der Waals surface area contributed by atoms with Crippen LogP contribution in [-0.2, 0) is 12.5 Å². The molecule has 0 saturated carbocycles. The molecule has 2 rings (SSSR count). The van der Waals surface area contributed by atoms with Gasteiger partial charge in [-0.05, 0) is 29.1 Å². The van der Waals surface area contributed by atoms with E-state index in [-0.39, 0.29) is 0 Å².